The molecule has 140 valence electrons. The van der Waals surface area contributed by atoms with Gasteiger partial charge >= 0.3 is 0 Å². The van der Waals surface area contributed by atoms with E-state index in [1.807, 2.05) is 30.9 Å². The Morgan fingerprint density at radius 2 is 2.11 bits per heavy atom. The Hall–Kier alpha value is -2.80. The van der Waals surface area contributed by atoms with Crippen LogP contribution in [0.3, 0.4) is 0 Å². The van der Waals surface area contributed by atoms with E-state index in [0.717, 1.165) is 37.4 Å². The van der Waals surface area contributed by atoms with Crippen LogP contribution in [-0.4, -0.2) is 31.0 Å². The second-order valence-corrected chi connectivity index (χ2v) is 6.82. The van der Waals surface area contributed by atoms with E-state index in [-0.39, 0.29) is 11.8 Å². The van der Waals surface area contributed by atoms with Gasteiger partial charge in [-0.3, -0.25) is 4.90 Å². The number of hydrogen-bond acceptors (Lipinski definition) is 5. The highest BCUT2D eigenvalue weighted by atomic mass is 19.1. The molecule has 0 bridgehead atoms. The Labute approximate surface area is 157 Å². The number of hydrogen-bond donors (Lipinski definition) is 0. The third-order valence-electron chi connectivity index (χ3n) is 4.83. The maximum atomic E-state index is 13.9. The smallest absolute Gasteiger partial charge is 0.222 e. The molecule has 27 heavy (non-hydrogen) atoms. The van der Waals surface area contributed by atoms with Gasteiger partial charge in [0.05, 0.1) is 12.6 Å². The van der Waals surface area contributed by atoms with E-state index in [0.29, 0.717) is 11.7 Å². The summed E-state index contributed by atoms with van der Waals surface area (Å²) in [5, 5.41) is 0. The number of rotatable bonds is 5. The maximum absolute atomic E-state index is 13.9. The largest absolute Gasteiger partial charge is 0.436 e. The average Bonchev–Trinajstić information content (AvgIpc) is 3.26. The van der Waals surface area contributed by atoms with Gasteiger partial charge in [-0.05, 0) is 38.4 Å². The molecule has 0 aliphatic carbocycles. The molecule has 2 aromatic heterocycles. The first kappa shape index (κ1) is 17.6. The summed E-state index contributed by atoms with van der Waals surface area (Å²) in [5.41, 5.74) is 0.801. The molecule has 6 nitrogen and oxygen atoms in total. The third kappa shape index (κ3) is 3.83. The van der Waals surface area contributed by atoms with Gasteiger partial charge in [0.2, 0.25) is 5.88 Å². The van der Waals surface area contributed by atoms with E-state index in [4.69, 9.17) is 4.74 Å². The molecule has 3 heterocycles. The summed E-state index contributed by atoms with van der Waals surface area (Å²) in [7, 11) is 2.00. The highest BCUT2D eigenvalue weighted by Crippen LogP contribution is 2.32. The summed E-state index contributed by atoms with van der Waals surface area (Å²) in [6.45, 7) is 3.62. The molecule has 1 saturated heterocycles. The lowest BCUT2D eigenvalue weighted by atomic mass is 10.2. The number of likely N-dealkylation sites (tertiary alicyclic amines) is 1. The Kier molecular flexibility index (Phi) is 4.85. The number of benzene rings is 1. The molecule has 0 amide bonds. The van der Waals surface area contributed by atoms with Crippen molar-refractivity contribution in [2.45, 2.75) is 32.4 Å². The quantitative estimate of drug-likeness (QED) is 0.687. The van der Waals surface area contributed by atoms with E-state index in [1.165, 1.54) is 6.07 Å². The van der Waals surface area contributed by atoms with Gasteiger partial charge in [0.1, 0.15) is 11.6 Å². The van der Waals surface area contributed by atoms with Crippen molar-refractivity contribution >= 4 is 0 Å². The maximum Gasteiger partial charge on any atom is 0.222 e. The average molecular weight is 367 g/mol. The first-order valence-corrected chi connectivity index (χ1v) is 9.08. The van der Waals surface area contributed by atoms with E-state index in [1.54, 1.807) is 24.3 Å². The molecule has 1 aliphatic rings. The lowest BCUT2D eigenvalue weighted by molar-refractivity contribution is 0.230. The van der Waals surface area contributed by atoms with Crippen molar-refractivity contribution in [3.63, 3.8) is 0 Å². The van der Waals surface area contributed by atoms with Crippen LogP contribution in [0.2, 0.25) is 0 Å². The summed E-state index contributed by atoms with van der Waals surface area (Å²) in [6.07, 6.45) is 5.82. The zero-order chi connectivity index (χ0) is 18.8. The second-order valence-electron chi connectivity index (χ2n) is 6.82. The Bertz CT molecular complexity index is 942. The summed E-state index contributed by atoms with van der Waals surface area (Å²) >= 11 is 0. The zero-order valence-electron chi connectivity index (χ0n) is 15.5. The zero-order valence-corrected chi connectivity index (χ0v) is 15.5. The van der Waals surface area contributed by atoms with Crippen LogP contribution >= 0.6 is 0 Å². The molecule has 0 saturated carbocycles. The second kappa shape index (κ2) is 7.44. The number of imidazole rings is 1. The highest BCUT2D eigenvalue weighted by molar-refractivity contribution is 5.29. The number of aryl methyl sites for hydroxylation is 2. The van der Waals surface area contributed by atoms with Gasteiger partial charge in [-0.1, -0.05) is 12.1 Å². The summed E-state index contributed by atoms with van der Waals surface area (Å²) in [4.78, 5) is 16.0. The predicted octanol–water partition coefficient (Wildman–Crippen LogP) is 3.79. The fourth-order valence-electron chi connectivity index (χ4n) is 3.44. The van der Waals surface area contributed by atoms with Crippen LogP contribution in [0, 0.1) is 12.7 Å². The first-order valence-electron chi connectivity index (χ1n) is 9.08. The SMILES string of the molecule is Cc1cc(Oc2ccccc2F)nc([C@H]2CCCN2Cc2nccn2C)n1. The molecule has 1 atom stereocenters. The van der Waals surface area contributed by atoms with Crippen LogP contribution in [0.25, 0.3) is 0 Å². The number of para-hydroxylation sites is 1. The van der Waals surface area contributed by atoms with Crippen molar-refractivity contribution in [1.29, 1.82) is 0 Å². The van der Waals surface area contributed by atoms with Gasteiger partial charge in [0, 0.05) is 31.2 Å². The predicted molar refractivity (Wildman–Crippen MR) is 98.8 cm³/mol. The molecule has 0 unspecified atom stereocenters. The van der Waals surface area contributed by atoms with E-state index in [2.05, 4.69) is 19.9 Å². The monoisotopic (exact) mass is 367 g/mol. The molecule has 0 N–H and O–H groups in total. The van der Waals surface area contributed by atoms with E-state index >= 15 is 0 Å². The van der Waals surface area contributed by atoms with Crippen LogP contribution in [-0.2, 0) is 13.6 Å². The lowest BCUT2D eigenvalue weighted by Gasteiger charge is -2.23. The summed E-state index contributed by atoms with van der Waals surface area (Å²) in [5.74, 6) is 1.85. The fourth-order valence-corrected chi connectivity index (χ4v) is 3.44. The highest BCUT2D eigenvalue weighted by Gasteiger charge is 2.29. The van der Waals surface area contributed by atoms with Gasteiger partial charge in [0.25, 0.3) is 0 Å². The molecule has 0 spiro atoms. The topological polar surface area (TPSA) is 56.1 Å². The van der Waals surface area contributed by atoms with Crippen LogP contribution in [0.5, 0.6) is 11.6 Å². The molecule has 4 rings (SSSR count). The van der Waals surface area contributed by atoms with Crippen molar-refractivity contribution in [3.8, 4) is 11.6 Å². The molecule has 1 aromatic carbocycles. The Morgan fingerprint density at radius 1 is 1.26 bits per heavy atom. The van der Waals surface area contributed by atoms with Crippen LogP contribution < -0.4 is 4.74 Å². The van der Waals surface area contributed by atoms with Crippen molar-refractivity contribution < 1.29 is 9.13 Å². The minimum Gasteiger partial charge on any atom is -0.436 e. The number of ether oxygens (including phenoxy) is 1. The Morgan fingerprint density at radius 3 is 2.89 bits per heavy atom. The van der Waals surface area contributed by atoms with Crippen LogP contribution in [0.15, 0.2) is 42.7 Å². The minimum atomic E-state index is -0.410. The fraction of sp³-hybridized carbons (Fsp3) is 0.350. The normalized spacial score (nSPS) is 17.4. The number of nitrogens with zero attached hydrogens (tertiary/aromatic N) is 5. The summed E-state index contributed by atoms with van der Waals surface area (Å²) < 4.78 is 21.6. The van der Waals surface area contributed by atoms with Crippen molar-refractivity contribution in [3.05, 3.63) is 65.9 Å². The van der Waals surface area contributed by atoms with Gasteiger partial charge in [-0.25, -0.2) is 14.4 Å². The van der Waals surface area contributed by atoms with Gasteiger partial charge in [-0.2, -0.15) is 4.98 Å². The number of halogens is 1. The molecular weight excluding hydrogens is 345 g/mol. The van der Waals surface area contributed by atoms with Gasteiger partial charge in [-0.15, -0.1) is 0 Å². The molecule has 7 heteroatoms. The molecule has 3 aromatic rings. The van der Waals surface area contributed by atoms with Gasteiger partial charge < -0.3 is 9.30 Å². The van der Waals surface area contributed by atoms with Crippen LogP contribution in [0.1, 0.15) is 36.2 Å². The first-order chi connectivity index (χ1) is 13.1. The van der Waals surface area contributed by atoms with Crippen molar-refractivity contribution in [2.75, 3.05) is 6.54 Å². The van der Waals surface area contributed by atoms with Crippen molar-refractivity contribution in [2.24, 2.45) is 7.05 Å². The van der Waals surface area contributed by atoms with Crippen LogP contribution in [0.4, 0.5) is 4.39 Å². The van der Waals surface area contributed by atoms with E-state index in [9.17, 15) is 4.39 Å². The minimum absolute atomic E-state index is 0.101. The number of aromatic nitrogens is 4. The van der Waals surface area contributed by atoms with Crippen molar-refractivity contribution in [1.82, 2.24) is 24.4 Å². The molecular formula is C20H22FN5O. The standard InChI is InChI=1S/C20H22FN5O/c1-14-12-19(27-17-8-4-3-6-15(17)21)24-20(23-14)16-7-5-10-26(16)13-18-22-9-11-25(18)2/h3-4,6,8-9,11-12,16H,5,7,10,13H2,1-2H3/t16-/m1/s1. The molecule has 1 fully saturated rings. The lowest BCUT2D eigenvalue weighted by Crippen LogP contribution is -2.26. The Balaban J connectivity index is 1.58. The molecule has 1 aliphatic heterocycles. The third-order valence-corrected chi connectivity index (χ3v) is 4.83. The van der Waals surface area contributed by atoms with E-state index < -0.39 is 5.82 Å². The summed E-state index contributed by atoms with van der Waals surface area (Å²) in [6, 6.07) is 8.16. The molecule has 0 radical (unpaired) electrons. The van der Waals surface area contributed by atoms with Gasteiger partial charge in [0.15, 0.2) is 11.6 Å².